The number of hydrogen-bond acceptors (Lipinski definition) is 3. The normalized spacial score (nSPS) is 12.0. The molecule has 5 nitrogen and oxygen atoms in total. The van der Waals surface area contributed by atoms with Crippen LogP contribution in [-0.4, -0.2) is 14.1 Å². The highest BCUT2D eigenvalue weighted by molar-refractivity contribution is 6.13. The molecule has 0 radical (unpaired) electrons. The van der Waals surface area contributed by atoms with E-state index in [9.17, 15) is 10.5 Å². The molecule has 10 rings (SSSR count). The highest BCUT2D eigenvalue weighted by Crippen LogP contribution is 2.49. The topological polar surface area (TPSA) is 70.3 Å². The van der Waals surface area contributed by atoms with Gasteiger partial charge in [0, 0.05) is 38.2 Å². The Morgan fingerprint density at radius 1 is 0.387 bits per heavy atom. The van der Waals surface area contributed by atoms with E-state index in [0.29, 0.717) is 11.1 Å². The van der Waals surface area contributed by atoms with Crippen LogP contribution in [0, 0.1) is 22.7 Å². The number of nitrogens with zero attached hydrogens (tertiary/aromatic N) is 5. The van der Waals surface area contributed by atoms with Crippen molar-refractivity contribution < 1.29 is 0 Å². The summed E-state index contributed by atoms with van der Waals surface area (Å²) >= 11 is 0. The number of para-hydroxylation sites is 2. The molecule has 0 N–H and O–H groups in total. The third kappa shape index (κ3) is 6.17. The van der Waals surface area contributed by atoms with E-state index in [1.807, 2.05) is 24.3 Å². The van der Waals surface area contributed by atoms with Crippen molar-refractivity contribution in [3.8, 4) is 57.2 Å². The highest BCUT2D eigenvalue weighted by atomic mass is 15.1. The van der Waals surface area contributed by atoms with Crippen LogP contribution in [0.2, 0.25) is 0 Å². The Bertz CT molecular complexity index is 3290. The number of hydrogen-bond donors (Lipinski definition) is 0. The zero-order valence-electron chi connectivity index (χ0n) is 35.8. The molecular formula is C57H45N5. The first kappa shape index (κ1) is 38.5. The fourth-order valence-corrected chi connectivity index (χ4v) is 9.15. The van der Waals surface area contributed by atoms with Crippen molar-refractivity contribution in [2.75, 3.05) is 0 Å². The van der Waals surface area contributed by atoms with Gasteiger partial charge in [0.25, 0.3) is 0 Å². The van der Waals surface area contributed by atoms with Crippen LogP contribution < -0.4 is 0 Å². The number of fused-ring (bicyclic) bond motifs is 6. The van der Waals surface area contributed by atoms with Gasteiger partial charge >= 0.3 is 0 Å². The van der Waals surface area contributed by atoms with Gasteiger partial charge in [-0.1, -0.05) is 157 Å². The molecule has 10 aromatic rings. The molecule has 0 saturated heterocycles. The summed E-state index contributed by atoms with van der Waals surface area (Å²) in [6, 6.07) is 62.1. The van der Waals surface area contributed by atoms with Crippen molar-refractivity contribution >= 4 is 43.6 Å². The molecule has 3 heterocycles. The number of nitriles is 2. The molecule has 0 aliphatic rings. The predicted octanol–water partition coefficient (Wildman–Crippen LogP) is 14.6. The van der Waals surface area contributed by atoms with E-state index in [-0.39, 0.29) is 10.8 Å². The molecule has 0 aliphatic carbocycles. The number of rotatable bonds is 5. The van der Waals surface area contributed by atoms with Crippen LogP contribution in [0.1, 0.15) is 63.8 Å². The molecule has 0 atom stereocenters. The van der Waals surface area contributed by atoms with E-state index in [0.717, 1.165) is 88.6 Å². The van der Waals surface area contributed by atoms with Crippen molar-refractivity contribution in [1.82, 2.24) is 14.1 Å². The van der Waals surface area contributed by atoms with Gasteiger partial charge in [0.1, 0.15) is 23.8 Å². The predicted molar refractivity (Wildman–Crippen MR) is 256 cm³/mol. The minimum Gasteiger partial charge on any atom is -0.293 e. The summed E-state index contributed by atoms with van der Waals surface area (Å²) < 4.78 is 4.67. The quantitative estimate of drug-likeness (QED) is 0.174. The highest BCUT2D eigenvalue weighted by Gasteiger charge is 2.30. The van der Waals surface area contributed by atoms with Crippen molar-refractivity contribution in [3.05, 3.63) is 186 Å². The van der Waals surface area contributed by atoms with Gasteiger partial charge in [-0.2, -0.15) is 10.5 Å². The van der Waals surface area contributed by atoms with Gasteiger partial charge < -0.3 is 0 Å². The van der Waals surface area contributed by atoms with E-state index in [1.165, 1.54) is 11.1 Å². The summed E-state index contributed by atoms with van der Waals surface area (Å²) in [6.45, 7) is 13.5. The monoisotopic (exact) mass is 799 g/mol. The van der Waals surface area contributed by atoms with E-state index in [4.69, 9.17) is 4.98 Å². The van der Waals surface area contributed by atoms with Crippen molar-refractivity contribution in [2.45, 2.75) is 52.4 Å². The first-order valence-corrected chi connectivity index (χ1v) is 21.2. The lowest BCUT2D eigenvalue weighted by molar-refractivity contribution is 0.591. The summed E-state index contributed by atoms with van der Waals surface area (Å²) in [4.78, 5) is 6.02. The van der Waals surface area contributed by atoms with Crippen LogP contribution >= 0.6 is 0 Å². The Hall–Kier alpha value is -7.73. The smallest absolute Gasteiger partial charge is 0.148 e. The maximum atomic E-state index is 10.5. The lowest BCUT2D eigenvalue weighted by Crippen LogP contribution is -2.12. The molecule has 0 bridgehead atoms. The van der Waals surface area contributed by atoms with Crippen molar-refractivity contribution in [1.29, 1.82) is 10.5 Å². The molecule has 62 heavy (non-hydrogen) atoms. The Morgan fingerprint density at radius 2 is 0.806 bits per heavy atom. The first-order valence-electron chi connectivity index (χ1n) is 21.2. The van der Waals surface area contributed by atoms with Gasteiger partial charge in [0.05, 0.1) is 33.2 Å². The Kier molecular flexibility index (Phi) is 8.98. The fourth-order valence-electron chi connectivity index (χ4n) is 9.15. The molecule has 5 heteroatoms. The van der Waals surface area contributed by atoms with Crippen LogP contribution in [-0.2, 0) is 10.8 Å². The summed E-state index contributed by atoms with van der Waals surface area (Å²) in [7, 11) is 0. The molecule has 0 amide bonds. The van der Waals surface area contributed by atoms with Gasteiger partial charge in [-0.05, 0) is 87.2 Å². The molecule has 0 fully saturated rings. The molecule has 0 aliphatic heterocycles. The van der Waals surface area contributed by atoms with E-state index in [1.54, 1.807) is 6.07 Å². The number of aromatic nitrogens is 3. The second-order valence-electron chi connectivity index (χ2n) is 18.3. The van der Waals surface area contributed by atoms with Crippen LogP contribution in [0.25, 0.3) is 88.6 Å². The molecule has 3 aromatic heterocycles. The number of benzene rings is 7. The average molecular weight is 800 g/mol. The van der Waals surface area contributed by atoms with Crippen LogP contribution in [0.4, 0.5) is 0 Å². The molecular weight excluding hydrogens is 755 g/mol. The maximum absolute atomic E-state index is 10.5. The van der Waals surface area contributed by atoms with Gasteiger partial charge in [-0.15, -0.1) is 0 Å². The fraction of sp³-hybridized carbons (Fsp3) is 0.140. The molecule has 0 unspecified atom stereocenters. The van der Waals surface area contributed by atoms with Gasteiger partial charge in [0.15, 0.2) is 0 Å². The molecule has 298 valence electrons. The Labute approximate surface area is 362 Å². The van der Waals surface area contributed by atoms with Crippen LogP contribution in [0.5, 0.6) is 0 Å². The minimum absolute atomic E-state index is 0.0556. The molecule has 0 spiro atoms. The van der Waals surface area contributed by atoms with Gasteiger partial charge in [0.2, 0.25) is 0 Å². The maximum Gasteiger partial charge on any atom is 0.148 e. The van der Waals surface area contributed by atoms with E-state index < -0.39 is 0 Å². The lowest BCUT2D eigenvalue weighted by Gasteiger charge is -2.25. The Morgan fingerprint density at radius 3 is 1.24 bits per heavy atom. The van der Waals surface area contributed by atoms with Gasteiger partial charge in [-0.3, -0.25) is 9.13 Å². The van der Waals surface area contributed by atoms with E-state index in [2.05, 4.69) is 196 Å². The second-order valence-corrected chi connectivity index (χ2v) is 18.3. The van der Waals surface area contributed by atoms with Crippen LogP contribution in [0.3, 0.4) is 0 Å². The molecule has 0 saturated carbocycles. The molecule has 7 aromatic carbocycles. The van der Waals surface area contributed by atoms with Crippen molar-refractivity contribution in [2.24, 2.45) is 0 Å². The summed E-state index contributed by atoms with van der Waals surface area (Å²) in [6.07, 6.45) is 0. The lowest BCUT2D eigenvalue weighted by atomic mass is 9.86. The van der Waals surface area contributed by atoms with Gasteiger partial charge in [-0.25, -0.2) is 4.98 Å². The average Bonchev–Trinajstić information content (AvgIpc) is 3.80. The summed E-state index contributed by atoms with van der Waals surface area (Å²) in [5, 5.41) is 25.2. The first-order chi connectivity index (χ1) is 30.0. The van der Waals surface area contributed by atoms with Crippen LogP contribution in [0.15, 0.2) is 164 Å². The zero-order chi connectivity index (χ0) is 42.9. The largest absolute Gasteiger partial charge is 0.293 e. The summed E-state index contributed by atoms with van der Waals surface area (Å²) in [5.41, 5.74) is 12.7. The second kappa shape index (κ2) is 14.5. The standard InChI is InChI=1S/C57H45N5/c1-56(2,3)41-27-29-49-45(32-41)43-21-13-15-23-47(43)61(49)54-52(36-17-9-7-10-18-36)51(38-25-26-39(34-58)40(31-38)35-59)53(37-19-11-8-12-20-37)55(60-54)62-48-24-16-14-22-44(48)46-33-42(57(4,5)6)28-30-50(46)62/h7-33H,1-6H3. The SMILES string of the molecule is CC(C)(C)c1ccc2c(c1)c1ccccc1n2-c1nc(-n2c3ccccc3c3cc(C(C)(C)C)ccc32)c(-c2ccccc2)c(-c2ccc(C#N)c(C#N)c2)c1-c1ccccc1. The summed E-state index contributed by atoms with van der Waals surface area (Å²) in [5.74, 6) is 1.52. The minimum atomic E-state index is -0.0556. The third-order valence-electron chi connectivity index (χ3n) is 12.3. The van der Waals surface area contributed by atoms with E-state index >= 15 is 0 Å². The zero-order valence-corrected chi connectivity index (χ0v) is 35.8. The number of pyridine rings is 1. The Balaban J connectivity index is 1.48. The third-order valence-corrected chi connectivity index (χ3v) is 12.3. The van der Waals surface area contributed by atoms with Crippen molar-refractivity contribution in [3.63, 3.8) is 0 Å².